The van der Waals surface area contributed by atoms with E-state index >= 15 is 0 Å². The van der Waals surface area contributed by atoms with Gasteiger partial charge in [-0.05, 0) is 5.22 Å². The molecule has 0 aliphatic carbocycles. The fraction of sp³-hybridized carbons (Fsp3) is 0.500. The molecule has 0 bridgehead atoms. The van der Waals surface area contributed by atoms with E-state index in [2.05, 4.69) is 35.5 Å². The number of ether oxygens (including phenoxy) is 1. The molecule has 0 amide bonds. The number of H-pyrrole nitrogens is 2. The van der Waals surface area contributed by atoms with Crippen molar-refractivity contribution in [1.29, 1.82) is 0 Å². The van der Waals surface area contributed by atoms with Gasteiger partial charge in [0.05, 0.1) is 6.61 Å². The van der Waals surface area contributed by atoms with Crippen molar-refractivity contribution in [3.05, 3.63) is 22.6 Å². The van der Waals surface area contributed by atoms with E-state index in [0.29, 0.717) is 11.2 Å². The Bertz CT molecular complexity index is 729. The molecule has 6 N–H and O–H groups in total. The van der Waals surface area contributed by atoms with Crippen LogP contribution in [0.3, 0.4) is 0 Å². The number of nitrogens with zero attached hydrogens (tertiary/aromatic N) is 5. The summed E-state index contributed by atoms with van der Waals surface area (Å²) in [5, 5.41) is 32.1. The molecule has 1 aliphatic rings. The summed E-state index contributed by atoms with van der Waals surface area (Å²) in [5.74, 6) is 0.248. The van der Waals surface area contributed by atoms with Crippen LogP contribution < -0.4 is 10.4 Å². The van der Waals surface area contributed by atoms with Crippen LogP contribution in [0.1, 0.15) is 11.9 Å². The number of aromatic nitrogens is 4. The van der Waals surface area contributed by atoms with Crippen molar-refractivity contribution in [3.63, 3.8) is 0 Å². The Morgan fingerprint density at radius 3 is 2.95 bits per heavy atom. The molecule has 22 heavy (non-hydrogen) atoms. The number of aromatic amines is 2. The normalized spacial score (nSPS) is 27.8. The first-order valence-electron chi connectivity index (χ1n) is 6.35. The van der Waals surface area contributed by atoms with Crippen LogP contribution in [0.4, 0.5) is 5.82 Å². The lowest BCUT2D eigenvalue weighted by molar-refractivity contribution is -0.347. The Morgan fingerprint density at radius 2 is 2.27 bits per heavy atom. The van der Waals surface area contributed by atoms with E-state index in [4.69, 9.17) is 15.4 Å². The number of hydrogen-bond donors (Lipinski definition) is 5. The van der Waals surface area contributed by atoms with Crippen molar-refractivity contribution in [2.75, 3.05) is 12.0 Å². The van der Waals surface area contributed by atoms with E-state index in [-0.39, 0.29) is 11.6 Å². The van der Waals surface area contributed by atoms with Gasteiger partial charge in [-0.2, -0.15) is 9.90 Å². The first-order valence-corrected chi connectivity index (χ1v) is 6.35. The van der Waals surface area contributed by atoms with Gasteiger partial charge in [-0.3, -0.25) is 4.98 Å². The Hall–Kier alpha value is -2.50. The van der Waals surface area contributed by atoms with Gasteiger partial charge in [-0.1, -0.05) is 4.98 Å². The SMILES string of the molecule is [N-]=[N+]=NNc1nc(C2O[C@H](CO)[C@@H](O)[C@@H]2O)nc2[nH+]c[nH]c12. The second-order valence-corrected chi connectivity index (χ2v) is 4.65. The molecule has 0 spiro atoms. The second kappa shape index (κ2) is 5.71. The zero-order valence-electron chi connectivity index (χ0n) is 11.1. The first-order chi connectivity index (χ1) is 10.7. The van der Waals surface area contributed by atoms with Gasteiger partial charge >= 0.3 is 5.65 Å². The van der Waals surface area contributed by atoms with Gasteiger partial charge in [0, 0.05) is 0 Å². The van der Waals surface area contributed by atoms with Gasteiger partial charge in [0.25, 0.3) is 5.82 Å². The summed E-state index contributed by atoms with van der Waals surface area (Å²) < 4.78 is 5.38. The summed E-state index contributed by atoms with van der Waals surface area (Å²) in [6.45, 7) is -0.447. The summed E-state index contributed by atoms with van der Waals surface area (Å²) in [6, 6.07) is 0. The monoisotopic (exact) mass is 309 g/mol. The molecule has 116 valence electrons. The molecular weight excluding hydrogens is 296 g/mol. The Kier molecular flexibility index (Phi) is 3.75. The standard InChI is InChI=1S/C10H12N8O4/c11-17-18-16-9-4-8(13-2-12-4)14-10(15-9)7-6(21)5(20)3(1-19)22-7/h2-3,5-7,19-21H,1H2,(H2,12,13,14,15,16)/p+1/t3-,5-,6+,7?/m1/s1. The topological polar surface area (TPSA) is 186 Å². The van der Waals surface area contributed by atoms with E-state index < -0.39 is 31.0 Å². The van der Waals surface area contributed by atoms with Crippen molar-refractivity contribution in [2.24, 2.45) is 5.22 Å². The summed E-state index contributed by atoms with van der Waals surface area (Å²) in [5.41, 5.74) is 11.6. The van der Waals surface area contributed by atoms with E-state index in [0.717, 1.165) is 0 Å². The van der Waals surface area contributed by atoms with Crippen molar-refractivity contribution in [2.45, 2.75) is 24.4 Å². The van der Waals surface area contributed by atoms with Crippen LogP contribution in [-0.2, 0) is 4.74 Å². The summed E-state index contributed by atoms with van der Waals surface area (Å²) in [6.07, 6.45) is -2.99. The van der Waals surface area contributed by atoms with Crippen LogP contribution in [0.25, 0.3) is 21.6 Å². The smallest absolute Gasteiger partial charge is 0.307 e. The minimum atomic E-state index is -1.29. The van der Waals surface area contributed by atoms with Crippen LogP contribution in [-0.4, -0.2) is 55.2 Å². The van der Waals surface area contributed by atoms with Gasteiger partial charge in [0.1, 0.15) is 18.3 Å². The minimum absolute atomic E-state index is 0.0708. The molecule has 12 heteroatoms. The molecule has 2 aromatic rings. The fourth-order valence-corrected chi connectivity index (χ4v) is 2.29. The summed E-state index contributed by atoms with van der Waals surface area (Å²) in [7, 11) is 0. The maximum Gasteiger partial charge on any atom is 0.307 e. The van der Waals surface area contributed by atoms with E-state index in [1.807, 2.05) is 0 Å². The highest BCUT2D eigenvalue weighted by Gasteiger charge is 2.46. The minimum Gasteiger partial charge on any atom is -0.394 e. The van der Waals surface area contributed by atoms with Crippen LogP contribution in [0.2, 0.25) is 0 Å². The first kappa shape index (κ1) is 14.4. The number of aliphatic hydroxyl groups is 3. The van der Waals surface area contributed by atoms with Crippen molar-refractivity contribution in [3.8, 4) is 0 Å². The Morgan fingerprint density at radius 1 is 1.45 bits per heavy atom. The molecule has 1 aliphatic heterocycles. The van der Waals surface area contributed by atoms with Crippen LogP contribution >= 0.6 is 0 Å². The van der Waals surface area contributed by atoms with Gasteiger partial charge in [-0.15, -0.1) is 5.53 Å². The van der Waals surface area contributed by atoms with Gasteiger partial charge in [0.2, 0.25) is 11.3 Å². The number of fused-ring (bicyclic) bond motifs is 1. The van der Waals surface area contributed by atoms with E-state index in [1.165, 1.54) is 6.33 Å². The lowest BCUT2D eigenvalue weighted by Crippen LogP contribution is -2.32. The molecule has 4 atom stereocenters. The number of rotatable bonds is 4. The van der Waals surface area contributed by atoms with Crippen molar-refractivity contribution >= 4 is 17.0 Å². The van der Waals surface area contributed by atoms with Crippen LogP contribution in [0.5, 0.6) is 0 Å². The molecular formula is C10H13N8O4+. The zero-order chi connectivity index (χ0) is 15.7. The highest BCUT2D eigenvalue weighted by Crippen LogP contribution is 2.32. The number of azide groups is 1. The van der Waals surface area contributed by atoms with Crippen molar-refractivity contribution < 1.29 is 25.0 Å². The summed E-state index contributed by atoms with van der Waals surface area (Å²) >= 11 is 0. The Labute approximate surface area is 122 Å². The highest BCUT2D eigenvalue weighted by molar-refractivity contribution is 5.79. The lowest BCUT2D eigenvalue weighted by atomic mass is 10.1. The van der Waals surface area contributed by atoms with Gasteiger partial charge in [0.15, 0.2) is 12.4 Å². The molecule has 0 radical (unpaired) electrons. The van der Waals surface area contributed by atoms with Gasteiger partial charge < -0.3 is 20.1 Å². The van der Waals surface area contributed by atoms with Crippen LogP contribution in [0, 0.1) is 0 Å². The summed E-state index contributed by atoms with van der Waals surface area (Å²) in [4.78, 5) is 16.6. The lowest BCUT2D eigenvalue weighted by Gasteiger charge is -2.11. The molecule has 1 unspecified atom stereocenters. The molecule has 0 aromatic carbocycles. The maximum atomic E-state index is 10.0. The average Bonchev–Trinajstić information content (AvgIpc) is 3.10. The van der Waals surface area contributed by atoms with Crippen LogP contribution in [0.15, 0.2) is 11.6 Å². The fourth-order valence-electron chi connectivity index (χ4n) is 2.29. The molecule has 1 saturated heterocycles. The quantitative estimate of drug-likeness (QED) is 0.198. The van der Waals surface area contributed by atoms with Crippen molar-refractivity contribution in [1.82, 2.24) is 15.0 Å². The van der Waals surface area contributed by atoms with Gasteiger partial charge in [-0.25, -0.2) is 10.4 Å². The van der Waals surface area contributed by atoms with E-state index in [1.54, 1.807) is 0 Å². The predicted molar refractivity (Wildman–Crippen MR) is 69.9 cm³/mol. The molecule has 1 fully saturated rings. The zero-order valence-corrected chi connectivity index (χ0v) is 11.1. The largest absolute Gasteiger partial charge is 0.394 e. The third-order valence-corrected chi connectivity index (χ3v) is 3.35. The Balaban J connectivity index is 2.02. The molecule has 3 heterocycles. The predicted octanol–water partition coefficient (Wildman–Crippen LogP) is -1.44. The molecule has 0 saturated carbocycles. The number of aliphatic hydroxyl groups excluding tert-OH is 3. The number of anilines is 1. The molecule has 3 rings (SSSR count). The third-order valence-electron chi connectivity index (χ3n) is 3.35. The third kappa shape index (κ3) is 2.30. The molecule has 2 aromatic heterocycles. The highest BCUT2D eigenvalue weighted by atomic mass is 16.6. The second-order valence-electron chi connectivity index (χ2n) is 4.65. The number of nitrogens with one attached hydrogen (secondary N) is 3. The molecule has 12 nitrogen and oxygen atoms in total. The van der Waals surface area contributed by atoms with E-state index in [9.17, 15) is 10.2 Å². The number of hydrogen-bond acceptors (Lipinski definition) is 7. The number of imidazole rings is 1. The average molecular weight is 309 g/mol. The maximum absolute atomic E-state index is 10.0.